The zero-order valence-corrected chi connectivity index (χ0v) is 22.0. The van der Waals surface area contributed by atoms with Crippen LogP contribution in [0.1, 0.15) is 21.7 Å². The summed E-state index contributed by atoms with van der Waals surface area (Å²) in [5, 5.41) is 0.745. The number of hydrogen-bond donors (Lipinski definition) is 1. The molecule has 7 heteroatoms. The monoisotopic (exact) mass is 521 g/mol. The minimum Gasteiger partial charge on any atom is -0.497 e. The van der Waals surface area contributed by atoms with E-state index < -0.39 is 0 Å². The number of ether oxygens (including phenoxy) is 2. The third-order valence-corrected chi connectivity index (χ3v) is 8.10. The lowest BCUT2D eigenvalue weighted by Gasteiger charge is -2.29. The Hall–Kier alpha value is -4.36. The molecule has 2 N–H and O–H groups in total. The van der Waals surface area contributed by atoms with Crippen LogP contribution in [0.3, 0.4) is 0 Å². The van der Waals surface area contributed by atoms with E-state index in [2.05, 4.69) is 6.07 Å². The lowest BCUT2D eigenvalue weighted by molar-refractivity contribution is 0.0990. The van der Waals surface area contributed by atoms with Crippen LogP contribution >= 0.6 is 11.3 Å². The standard InChI is InChI=1S/C31H27N3O3S/c1-36-21-14-15-26(37-2)22(17-21)23-18-24(19-9-4-3-5-10-19)33-30-27(23)28(32)29(38-30)31(35)34-16-8-12-20-11-6-7-13-25(20)34/h3-7,9-11,13-15,17-18H,8,12,16,32H2,1-2H3. The Bertz CT molecular complexity index is 1660. The van der Waals surface area contributed by atoms with E-state index in [-0.39, 0.29) is 5.91 Å². The van der Waals surface area contributed by atoms with Gasteiger partial charge in [-0.2, -0.15) is 0 Å². The Balaban J connectivity index is 1.58. The molecular formula is C31H27N3O3S. The van der Waals surface area contributed by atoms with Gasteiger partial charge >= 0.3 is 0 Å². The Labute approximate surface area is 225 Å². The lowest BCUT2D eigenvalue weighted by atomic mass is 9.98. The molecule has 3 heterocycles. The van der Waals surface area contributed by atoms with Crippen LogP contribution in [-0.2, 0) is 6.42 Å². The van der Waals surface area contributed by atoms with E-state index in [1.165, 1.54) is 16.9 Å². The Kier molecular flexibility index (Phi) is 6.21. The number of aryl methyl sites for hydroxylation is 1. The number of methoxy groups -OCH3 is 2. The summed E-state index contributed by atoms with van der Waals surface area (Å²) in [6.45, 7) is 0.656. The van der Waals surface area contributed by atoms with E-state index in [0.29, 0.717) is 33.4 Å². The summed E-state index contributed by atoms with van der Waals surface area (Å²) < 4.78 is 11.3. The van der Waals surface area contributed by atoms with E-state index in [1.807, 2.05) is 77.7 Å². The van der Waals surface area contributed by atoms with Gasteiger partial charge in [-0.3, -0.25) is 4.79 Å². The maximum Gasteiger partial charge on any atom is 0.270 e. The molecular weight excluding hydrogens is 494 g/mol. The molecule has 0 bridgehead atoms. The van der Waals surface area contributed by atoms with Gasteiger partial charge in [-0.15, -0.1) is 11.3 Å². The zero-order valence-electron chi connectivity index (χ0n) is 21.2. The van der Waals surface area contributed by atoms with Crippen LogP contribution in [-0.4, -0.2) is 31.7 Å². The molecule has 0 aliphatic carbocycles. The molecule has 0 radical (unpaired) electrons. The summed E-state index contributed by atoms with van der Waals surface area (Å²) in [5.41, 5.74) is 12.8. The number of aromatic nitrogens is 1. The normalized spacial score (nSPS) is 12.8. The minimum absolute atomic E-state index is 0.0949. The number of amides is 1. The van der Waals surface area contributed by atoms with Gasteiger partial charge in [0.1, 0.15) is 21.2 Å². The predicted octanol–water partition coefficient (Wildman–Crippen LogP) is 6.82. The van der Waals surface area contributed by atoms with Gasteiger partial charge in [0.2, 0.25) is 0 Å². The molecule has 1 amide bonds. The molecule has 38 heavy (non-hydrogen) atoms. The number of fused-ring (bicyclic) bond motifs is 2. The molecule has 0 spiro atoms. The number of nitrogen functional groups attached to an aromatic ring is 1. The molecule has 0 saturated carbocycles. The number of anilines is 2. The van der Waals surface area contributed by atoms with Crippen molar-refractivity contribution in [1.29, 1.82) is 0 Å². The van der Waals surface area contributed by atoms with Gasteiger partial charge in [-0.05, 0) is 48.7 Å². The summed E-state index contributed by atoms with van der Waals surface area (Å²) >= 11 is 1.34. The fourth-order valence-corrected chi connectivity index (χ4v) is 6.21. The van der Waals surface area contributed by atoms with E-state index >= 15 is 0 Å². The van der Waals surface area contributed by atoms with Crippen molar-refractivity contribution in [2.75, 3.05) is 31.4 Å². The van der Waals surface area contributed by atoms with Gasteiger partial charge in [0.15, 0.2) is 0 Å². The second-order valence-corrected chi connectivity index (χ2v) is 10.2. The van der Waals surface area contributed by atoms with Crippen LogP contribution in [0.2, 0.25) is 0 Å². The maximum atomic E-state index is 14.0. The number of nitrogens with zero attached hydrogens (tertiary/aromatic N) is 2. The van der Waals surface area contributed by atoms with Gasteiger partial charge in [0, 0.05) is 34.3 Å². The number of pyridine rings is 1. The summed E-state index contributed by atoms with van der Waals surface area (Å²) in [5.74, 6) is 1.28. The topological polar surface area (TPSA) is 77.7 Å². The van der Waals surface area contributed by atoms with Crippen molar-refractivity contribution >= 4 is 38.8 Å². The first-order valence-electron chi connectivity index (χ1n) is 12.5. The van der Waals surface area contributed by atoms with Crippen LogP contribution < -0.4 is 20.1 Å². The first kappa shape index (κ1) is 24.0. The van der Waals surface area contributed by atoms with Gasteiger partial charge in [0.25, 0.3) is 5.91 Å². The number of nitrogens with two attached hydrogens (primary N) is 1. The average molecular weight is 522 g/mol. The van der Waals surface area contributed by atoms with Crippen molar-refractivity contribution in [2.45, 2.75) is 12.8 Å². The van der Waals surface area contributed by atoms with Crippen LogP contribution in [0.5, 0.6) is 11.5 Å². The lowest BCUT2D eigenvalue weighted by Crippen LogP contribution is -2.35. The maximum absolute atomic E-state index is 14.0. The number of carbonyl (C=O) groups excluding carboxylic acids is 1. The molecule has 190 valence electrons. The molecule has 1 aliphatic heterocycles. The number of benzene rings is 3. The summed E-state index contributed by atoms with van der Waals surface area (Å²) in [6.07, 6.45) is 1.87. The highest BCUT2D eigenvalue weighted by Gasteiger charge is 2.29. The van der Waals surface area contributed by atoms with Crippen LogP contribution in [0.4, 0.5) is 11.4 Å². The summed E-state index contributed by atoms with van der Waals surface area (Å²) in [4.78, 5) is 22.0. The molecule has 1 aliphatic rings. The van der Waals surface area contributed by atoms with Gasteiger partial charge in [-0.1, -0.05) is 48.5 Å². The van der Waals surface area contributed by atoms with Crippen LogP contribution in [0, 0.1) is 0 Å². The van der Waals surface area contributed by atoms with E-state index in [4.69, 9.17) is 20.2 Å². The number of para-hydroxylation sites is 1. The second-order valence-electron chi connectivity index (χ2n) is 9.20. The SMILES string of the molecule is COc1ccc(OC)c(-c2cc(-c3ccccc3)nc3sc(C(=O)N4CCCc5ccccc54)c(N)c23)c1. The number of thiophene rings is 1. The van der Waals surface area contributed by atoms with E-state index in [1.54, 1.807) is 14.2 Å². The molecule has 0 fully saturated rings. The Morgan fingerprint density at radius 2 is 1.74 bits per heavy atom. The second kappa shape index (κ2) is 9.84. The van der Waals surface area contributed by atoms with Gasteiger partial charge in [0.05, 0.1) is 25.6 Å². The predicted molar refractivity (Wildman–Crippen MR) is 154 cm³/mol. The molecule has 2 aromatic heterocycles. The fourth-order valence-electron chi connectivity index (χ4n) is 5.14. The Morgan fingerprint density at radius 3 is 2.53 bits per heavy atom. The smallest absolute Gasteiger partial charge is 0.270 e. The summed E-state index contributed by atoms with van der Waals surface area (Å²) in [7, 11) is 3.27. The molecule has 0 saturated heterocycles. The first-order valence-corrected chi connectivity index (χ1v) is 13.3. The number of rotatable bonds is 5. The largest absolute Gasteiger partial charge is 0.497 e. The Morgan fingerprint density at radius 1 is 0.947 bits per heavy atom. The highest BCUT2D eigenvalue weighted by molar-refractivity contribution is 7.21. The highest BCUT2D eigenvalue weighted by Crippen LogP contribution is 2.45. The van der Waals surface area contributed by atoms with Crippen molar-refractivity contribution in [3.63, 3.8) is 0 Å². The van der Waals surface area contributed by atoms with E-state index in [9.17, 15) is 4.79 Å². The molecule has 0 atom stereocenters. The molecule has 5 aromatic rings. The van der Waals surface area contributed by atoms with Crippen LogP contribution in [0.25, 0.3) is 32.6 Å². The van der Waals surface area contributed by atoms with Gasteiger partial charge in [-0.25, -0.2) is 4.98 Å². The van der Waals surface area contributed by atoms with Crippen molar-refractivity contribution < 1.29 is 14.3 Å². The minimum atomic E-state index is -0.0949. The first-order chi connectivity index (χ1) is 18.6. The molecule has 0 unspecified atom stereocenters. The van der Waals surface area contributed by atoms with Crippen molar-refractivity contribution in [3.05, 3.63) is 89.3 Å². The van der Waals surface area contributed by atoms with Crippen molar-refractivity contribution in [3.8, 4) is 33.9 Å². The molecule has 6 rings (SSSR count). The number of hydrogen-bond acceptors (Lipinski definition) is 6. The molecule has 6 nitrogen and oxygen atoms in total. The van der Waals surface area contributed by atoms with Crippen molar-refractivity contribution in [1.82, 2.24) is 4.98 Å². The molecule has 3 aromatic carbocycles. The number of carbonyl (C=O) groups is 1. The van der Waals surface area contributed by atoms with E-state index in [0.717, 1.165) is 46.3 Å². The van der Waals surface area contributed by atoms with Crippen LogP contribution in [0.15, 0.2) is 78.9 Å². The fraction of sp³-hybridized carbons (Fsp3) is 0.161. The quantitative estimate of drug-likeness (QED) is 0.275. The zero-order chi connectivity index (χ0) is 26.2. The average Bonchev–Trinajstić information content (AvgIpc) is 3.32. The third kappa shape index (κ3) is 4.05. The summed E-state index contributed by atoms with van der Waals surface area (Å²) in [6, 6.07) is 25.8. The van der Waals surface area contributed by atoms with Gasteiger partial charge < -0.3 is 20.1 Å². The highest BCUT2D eigenvalue weighted by atomic mass is 32.1. The van der Waals surface area contributed by atoms with Crippen molar-refractivity contribution in [2.24, 2.45) is 0 Å². The third-order valence-electron chi connectivity index (χ3n) is 7.01.